The third-order valence-electron chi connectivity index (χ3n) is 8.51. The average molecular weight is 788 g/mol. The van der Waals surface area contributed by atoms with Gasteiger partial charge in [0.1, 0.15) is 11.6 Å². The Balaban J connectivity index is 0.00000417. The van der Waals surface area contributed by atoms with Crippen molar-refractivity contribution < 1.29 is 26.2 Å². The minimum absolute atomic E-state index is 0. The smallest absolute Gasteiger partial charge is 0.148 e. The zero-order valence-corrected chi connectivity index (χ0v) is 30.2. The molecule has 0 saturated heterocycles. The summed E-state index contributed by atoms with van der Waals surface area (Å²) in [6.45, 7) is 17.5. The molecule has 0 spiro atoms. The first-order valence-electron chi connectivity index (χ1n) is 15.8. The molecule has 4 aromatic carbocycles. The molecule has 0 aliphatic carbocycles. The van der Waals surface area contributed by atoms with Crippen LogP contribution in [-0.4, -0.2) is 19.6 Å². The molecule has 4 nitrogen and oxygen atoms in total. The monoisotopic (exact) mass is 787 g/mol. The number of nitrogens with zero attached hydrogens (tertiary/aromatic N) is 3. The molecule has 2 aromatic heterocycles. The van der Waals surface area contributed by atoms with Crippen LogP contribution in [0.5, 0.6) is 5.75 Å². The van der Waals surface area contributed by atoms with Gasteiger partial charge in [-0.15, -0.1) is 29.3 Å². The summed E-state index contributed by atoms with van der Waals surface area (Å²) in [4.78, 5) is 10.0. The molecule has 1 N–H and O–H groups in total. The molecule has 46 heavy (non-hydrogen) atoms. The predicted molar refractivity (Wildman–Crippen MR) is 187 cm³/mol. The van der Waals surface area contributed by atoms with E-state index in [0.29, 0.717) is 11.7 Å². The van der Waals surface area contributed by atoms with Crippen LogP contribution in [0.4, 0.5) is 0 Å². The van der Waals surface area contributed by atoms with E-state index in [-0.39, 0.29) is 37.6 Å². The van der Waals surface area contributed by atoms with Gasteiger partial charge in [-0.3, -0.25) is 9.55 Å². The van der Waals surface area contributed by atoms with Crippen LogP contribution in [0.15, 0.2) is 97.2 Å². The normalized spacial score (nSPS) is 12.0. The van der Waals surface area contributed by atoms with Gasteiger partial charge in [-0.25, -0.2) is 4.98 Å². The van der Waals surface area contributed by atoms with E-state index < -0.39 is 0 Å². The van der Waals surface area contributed by atoms with Crippen molar-refractivity contribution >= 4 is 11.0 Å². The van der Waals surface area contributed by atoms with Gasteiger partial charge in [-0.05, 0) is 52.6 Å². The molecule has 0 unspecified atom stereocenters. The minimum atomic E-state index is -0.261. The van der Waals surface area contributed by atoms with Gasteiger partial charge in [0.2, 0.25) is 0 Å². The fourth-order valence-electron chi connectivity index (χ4n) is 5.88. The Morgan fingerprint density at radius 2 is 1.43 bits per heavy atom. The first-order valence-corrected chi connectivity index (χ1v) is 15.8. The van der Waals surface area contributed by atoms with E-state index in [1.54, 1.807) is 0 Å². The van der Waals surface area contributed by atoms with Crippen LogP contribution < -0.4 is 0 Å². The Morgan fingerprint density at radius 3 is 2.07 bits per heavy atom. The number of imidazole rings is 1. The van der Waals surface area contributed by atoms with Crippen molar-refractivity contribution in [2.75, 3.05) is 0 Å². The van der Waals surface area contributed by atoms with Crippen LogP contribution in [0.1, 0.15) is 78.0 Å². The topological polar surface area (TPSA) is 50.9 Å². The number of aromatic nitrogens is 3. The Kier molecular flexibility index (Phi) is 9.17. The zero-order chi connectivity index (χ0) is 32.1. The molecular formula is C41H42N3OPt-. The maximum Gasteiger partial charge on any atom is 0.148 e. The second-order valence-corrected chi connectivity index (χ2v) is 14.3. The molecule has 238 valence electrons. The van der Waals surface area contributed by atoms with Crippen LogP contribution in [0.3, 0.4) is 0 Å². The van der Waals surface area contributed by atoms with Crippen molar-refractivity contribution in [3.05, 3.63) is 120 Å². The van der Waals surface area contributed by atoms with Gasteiger partial charge >= 0.3 is 0 Å². The van der Waals surface area contributed by atoms with Crippen LogP contribution in [-0.2, 0) is 31.9 Å². The largest absolute Gasteiger partial charge is 0.507 e. The Hall–Kier alpha value is -4.01. The van der Waals surface area contributed by atoms with E-state index in [1.165, 1.54) is 5.56 Å². The fourth-order valence-corrected chi connectivity index (χ4v) is 5.88. The molecule has 6 aromatic rings. The third-order valence-corrected chi connectivity index (χ3v) is 8.51. The second kappa shape index (κ2) is 12.6. The zero-order valence-electron chi connectivity index (χ0n) is 27.9. The molecule has 0 bridgehead atoms. The van der Waals surface area contributed by atoms with Crippen molar-refractivity contribution in [1.82, 2.24) is 14.5 Å². The number of rotatable bonds is 5. The van der Waals surface area contributed by atoms with Crippen LogP contribution in [0, 0.1) is 6.07 Å². The molecule has 2 heterocycles. The minimum Gasteiger partial charge on any atom is -0.507 e. The van der Waals surface area contributed by atoms with Gasteiger partial charge in [0, 0.05) is 44.2 Å². The van der Waals surface area contributed by atoms with Crippen molar-refractivity contribution in [2.45, 2.75) is 72.1 Å². The molecular weight excluding hydrogens is 746 g/mol. The number of benzene rings is 4. The molecule has 0 radical (unpaired) electrons. The number of phenols is 1. The van der Waals surface area contributed by atoms with E-state index >= 15 is 0 Å². The molecule has 5 heteroatoms. The summed E-state index contributed by atoms with van der Waals surface area (Å²) in [5.41, 5.74) is 10.3. The molecule has 0 amide bonds. The summed E-state index contributed by atoms with van der Waals surface area (Å²) in [5, 5.41) is 11.9. The van der Waals surface area contributed by atoms with Crippen LogP contribution >= 0.6 is 0 Å². The number of para-hydroxylation sites is 2. The molecule has 0 aliphatic heterocycles. The van der Waals surface area contributed by atoms with Crippen molar-refractivity contribution in [1.29, 1.82) is 0 Å². The summed E-state index contributed by atoms with van der Waals surface area (Å²) in [5.74, 6) is 1.31. The summed E-state index contributed by atoms with van der Waals surface area (Å²) in [6, 6.07) is 35.0. The number of fused-ring (bicyclic) bond motifs is 1. The molecule has 0 atom stereocenters. The van der Waals surface area contributed by atoms with E-state index in [9.17, 15) is 5.11 Å². The van der Waals surface area contributed by atoms with Crippen LogP contribution in [0.2, 0.25) is 0 Å². The van der Waals surface area contributed by atoms with Crippen LogP contribution in [0.25, 0.3) is 50.5 Å². The summed E-state index contributed by atoms with van der Waals surface area (Å²) in [7, 11) is 0. The Labute approximate surface area is 287 Å². The maximum absolute atomic E-state index is 11.9. The number of hydrogen-bond donors (Lipinski definition) is 1. The fraction of sp³-hybridized carbons (Fsp3) is 0.268. The first-order chi connectivity index (χ1) is 21.3. The van der Waals surface area contributed by atoms with Crippen molar-refractivity contribution in [3.63, 3.8) is 0 Å². The standard InChI is InChI=1S/C41H42N3O.Pt/c1-26(2)27-21-28(23-29(22-27)35-18-12-13-20-42-35)32-17-14-19-36-37(32)43-39(44(36)31-15-10-9-11-16-31)33-24-30(40(3,4)5)25-34(38(33)45)41(6,7)8;/h9-22,24-26,45H,1-8H3;/q-1;. The van der Waals surface area contributed by atoms with E-state index in [1.807, 2.05) is 42.6 Å². The maximum atomic E-state index is 11.9. The number of pyridine rings is 1. The third kappa shape index (κ3) is 6.33. The second-order valence-electron chi connectivity index (χ2n) is 14.3. The van der Waals surface area contributed by atoms with Gasteiger partial charge in [0.25, 0.3) is 0 Å². The quantitative estimate of drug-likeness (QED) is 0.177. The number of phenolic OH excluding ortho intramolecular Hbond substituents is 1. The van der Waals surface area contributed by atoms with Gasteiger partial charge in [-0.2, -0.15) is 0 Å². The molecule has 0 saturated carbocycles. The van der Waals surface area contributed by atoms with E-state index in [4.69, 9.17) is 4.98 Å². The van der Waals surface area contributed by atoms with Gasteiger partial charge < -0.3 is 5.11 Å². The summed E-state index contributed by atoms with van der Waals surface area (Å²) in [6.07, 6.45) is 1.82. The molecule has 0 fully saturated rings. The van der Waals surface area contributed by atoms with E-state index in [0.717, 1.165) is 55.8 Å². The van der Waals surface area contributed by atoms with Crippen molar-refractivity contribution in [2.24, 2.45) is 0 Å². The number of aromatic hydroxyl groups is 1. The Bertz CT molecular complexity index is 2000. The first kappa shape index (κ1) is 33.4. The summed E-state index contributed by atoms with van der Waals surface area (Å²) >= 11 is 0. The Morgan fingerprint density at radius 1 is 0.739 bits per heavy atom. The predicted octanol–water partition coefficient (Wildman–Crippen LogP) is 10.6. The van der Waals surface area contributed by atoms with Gasteiger partial charge in [0.05, 0.1) is 16.6 Å². The van der Waals surface area contributed by atoms with Gasteiger partial charge in [0.15, 0.2) is 0 Å². The summed E-state index contributed by atoms with van der Waals surface area (Å²) < 4.78 is 2.18. The average Bonchev–Trinajstić information content (AvgIpc) is 3.40. The molecule has 6 rings (SSSR count). The van der Waals surface area contributed by atoms with Crippen molar-refractivity contribution in [3.8, 4) is 45.2 Å². The van der Waals surface area contributed by atoms with E-state index in [2.05, 4.69) is 126 Å². The molecule has 0 aliphatic rings. The SMILES string of the molecule is CC(C)c1cc(-c2ccccn2)[c-]c(-c2cccc3c2nc(-c2cc(C(C)(C)C)cc(C(C)(C)C)c2O)n3-c2ccccc2)c1.[Pt]. The van der Waals surface area contributed by atoms with Gasteiger partial charge in [-0.1, -0.05) is 115 Å². The number of hydrogen-bond acceptors (Lipinski definition) is 3.